The second-order valence-electron chi connectivity index (χ2n) is 5.03. The Balaban J connectivity index is 0.00000225. The van der Waals surface area contributed by atoms with Gasteiger partial charge in [-0.1, -0.05) is 38.4 Å². The molecule has 0 atom stereocenters. The average Bonchev–Trinajstić information content (AvgIpc) is 2.08. The third-order valence-electron chi connectivity index (χ3n) is 2.16. The summed E-state index contributed by atoms with van der Waals surface area (Å²) in [4.78, 5) is 0. The number of hydrogen-bond donors (Lipinski definition) is 2. The number of phenols is 1. The first-order valence-corrected chi connectivity index (χ1v) is 5.41. The molecule has 0 bridgehead atoms. The molecule has 0 spiro atoms. The van der Waals surface area contributed by atoms with Crippen LogP contribution < -0.4 is 5.73 Å². The molecule has 0 heterocycles. The number of benzene rings is 1. The van der Waals surface area contributed by atoms with E-state index >= 15 is 0 Å². The number of phenolic OH excluding ortho intramolecular Hbond substituents is 1. The summed E-state index contributed by atoms with van der Waals surface area (Å²) in [7, 11) is 0. The van der Waals surface area contributed by atoms with Crippen molar-refractivity contribution in [2.45, 2.75) is 33.7 Å². The lowest BCUT2D eigenvalue weighted by atomic mass is 9.87. The molecular weight excluding hydrogens is 245 g/mol. The first-order valence-electron chi connectivity index (χ1n) is 5.04. The Morgan fingerprint density at radius 2 is 1.88 bits per heavy atom. The van der Waals surface area contributed by atoms with E-state index in [1.54, 1.807) is 6.07 Å². The van der Waals surface area contributed by atoms with Crippen LogP contribution in [-0.4, -0.2) is 5.11 Å². The van der Waals surface area contributed by atoms with Crippen LogP contribution in [0.2, 0.25) is 5.02 Å². The standard InChI is InChI=1S/C12H18ClNO.ClH/c1-12(2,3)6-8-4-9(7-14)11(15)10(13)5-8;/h4-5,15H,6-7,14H2,1-3H3;1H. The van der Waals surface area contributed by atoms with Crippen molar-refractivity contribution in [3.63, 3.8) is 0 Å². The second-order valence-corrected chi connectivity index (χ2v) is 5.43. The summed E-state index contributed by atoms with van der Waals surface area (Å²) in [5.74, 6) is 0.108. The van der Waals surface area contributed by atoms with Crippen molar-refractivity contribution in [2.75, 3.05) is 0 Å². The van der Waals surface area contributed by atoms with Crippen molar-refractivity contribution in [2.24, 2.45) is 11.1 Å². The lowest BCUT2D eigenvalue weighted by molar-refractivity contribution is 0.410. The molecule has 0 fully saturated rings. The summed E-state index contributed by atoms with van der Waals surface area (Å²) in [5, 5.41) is 9.99. The van der Waals surface area contributed by atoms with E-state index in [1.807, 2.05) is 6.07 Å². The Morgan fingerprint density at radius 3 is 2.31 bits per heavy atom. The highest BCUT2D eigenvalue weighted by Crippen LogP contribution is 2.31. The SMILES string of the molecule is CC(C)(C)Cc1cc(Cl)c(O)c(CN)c1.Cl. The Labute approximate surface area is 108 Å². The fraction of sp³-hybridized carbons (Fsp3) is 0.500. The zero-order valence-electron chi connectivity index (χ0n) is 9.88. The van der Waals surface area contributed by atoms with Crippen molar-refractivity contribution in [3.05, 3.63) is 28.3 Å². The molecule has 0 amide bonds. The highest BCUT2D eigenvalue weighted by Gasteiger charge is 2.14. The molecule has 0 aliphatic rings. The van der Waals surface area contributed by atoms with Gasteiger partial charge in [0.1, 0.15) is 5.75 Å². The molecule has 0 aliphatic heterocycles. The quantitative estimate of drug-likeness (QED) is 0.858. The van der Waals surface area contributed by atoms with Crippen molar-refractivity contribution >= 4 is 24.0 Å². The summed E-state index contributed by atoms with van der Waals surface area (Å²) in [6.07, 6.45) is 0.917. The minimum absolute atomic E-state index is 0. The Morgan fingerprint density at radius 1 is 1.31 bits per heavy atom. The van der Waals surface area contributed by atoms with E-state index in [4.69, 9.17) is 17.3 Å². The van der Waals surface area contributed by atoms with Crippen LogP contribution >= 0.6 is 24.0 Å². The first-order chi connectivity index (χ1) is 6.83. The molecule has 2 nitrogen and oxygen atoms in total. The first kappa shape index (κ1) is 15.6. The monoisotopic (exact) mass is 263 g/mol. The third-order valence-corrected chi connectivity index (χ3v) is 2.44. The normalized spacial score (nSPS) is 11.1. The maximum atomic E-state index is 9.61. The van der Waals surface area contributed by atoms with Crippen LogP contribution in [0.5, 0.6) is 5.75 Å². The molecule has 1 aromatic rings. The second kappa shape index (κ2) is 5.76. The number of aromatic hydroxyl groups is 1. The Hall–Kier alpha value is -0.440. The van der Waals surface area contributed by atoms with Crippen LogP contribution in [0.15, 0.2) is 12.1 Å². The van der Waals surface area contributed by atoms with E-state index in [0.717, 1.165) is 12.0 Å². The van der Waals surface area contributed by atoms with Crippen LogP contribution in [0.1, 0.15) is 31.9 Å². The summed E-state index contributed by atoms with van der Waals surface area (Å²) in [6.45, 7) is 6.80. The van der Waals surface area contributed by atoms with E-state index < -0.39 is 0 Å². The van der Waals surface area contributed by atoms with Crippen molar-refractivity contribution < 1.29 is 5.11 Å². The number of nitrogens with two attached hydrogens (primary N) is 1. The van der Waals surface area contributed by atoms with E-state index in [2.05, 4.69) is 20.8 Å². The minimum Gasteiger partial charge on any atom is -0.506 e. The van der Waals surface area contributed by atoms with Gasteiger partial charge in [0, 0.05) is 12.1 Å². The van der Waals surface area contributed by atoms with Gasteiger partial charge in [0.15, 0.2) is 0 Å². The molecule has 0 aliphatic carbocycles. The third kappa shape index (κ3) is 4.20. The van der Waals surface area contributed by atoms with Gasteiger partial charge < -0.3 is 10.8 Å². The van der Waals surface area contributed by atoms with Crippen molar-refractivity contribution in [1.82, 2.24) is 0 Å². The largest absolute Gasteiger partial charge is 0.506 e. The van der Waals surface area contributed by atoms with Gasteiger partial charge in [-0.05, 0) is 23.5 Å². The maximum Gasteiger partial charge on any atom is 0.138 e. The molecule has 92 valence electrons. The summed E-state index contributed by atoms with van der Waals surface area (Å²) < 4.78 is 0. The van der Waals surface area contributed by atoms with E-state index in [1.165, 1.54) is 0 Å². The smallest absolute Gasteiger partial charge is 0.138 e. The molecule has 3 N–H and O–H groups in total. The minimum atomic E-state index is 0. The molecule has 0 radical (unpaired) electrons. The number of rotatable bonds is 2. The predicted molar refractivity (Wildman–Crippen MR) is 71.4 cm³/mol. The van der Waals surface area contributed by atoms with Crippen LogP contribution in [0.3, 0.4) is 0 Å². The van der Waals surface area contributed by atoms with Gasteiger partial charge in [0.2, 0.25) is 0 Å². The van der Waals surface area contributed by atoms with E-state index in [9.17, 15) is 5.11 Å². The number of halogens is 2. The molecule has 0 saturated heterocycles. The zero-order chi connectivity index (χ0) is 11.6. The molecule has 0 aromatic heterocycles. The topological polar surface area (TPSA) is 46.2 Å². The van der Waals surface area contributed by atoms with Crippen molar-refractivity contribution in [3.8, 4) is 5.75 Å². The zero-order valence-corrected chi connectivity index (χ0v) is 11.5. The van der Waals surface area contributed by atoms with Gasteiger partial charge in [0.25, 0.3) is 0 Å². The lowest BCUT2D eigenvalue weighted by Gasteiger charge is -2.19. The Kier molecular flexibility index (Phi) is 5.60. The van der Waals surface area contributed by atoms with Gasteiger partial charge in [-0.3, -0.25) is 0 Å². The van der Waals surface area contributed by atoms with Gasteiger partial charge in [-0.25, -0.2) is 0 Å². The predicted octanol–water partition coefficient (Wildman–Crippen LogP) is 3.51. The van der Waals surface area contributed by atoms with E-state index in [0.29, 0.717) is 17.1 Å². The summed E-state index contributed by atoms with van der Waals surface area (Å²) in [5.41, 5.74) is 7.56. The van der Waals surface area contributed by atoms with Crippen LogP contribution in [-0.2, 0) is 13.0 Å². The van der Waals surface area contributed by atoms with Gasteiger partial charge in [0.05, 0.1) is 5.02 Å². The molecule has 16 heavy (non-hydrogen) atoms. The molecule has 4 heteroatoms. The van der Waals surface area contributed by atoms with Crippen LogP contribution in [0, 0.1) is 5.41 Å². The molecule has 1 aromatic carbocycles. The Bertz CT molecular complexity index is 359. The van der Waals surface area contributed by atoms with Gasteiger partial charge in [-0.2, -0.15) is 0 Å². The van der Waals surface area contributed by atoms with Gasteiger partial charge in [-0.15, -0.1) is 12.4 Å². The lowest BCUT2D eigenvalue weighted by Crippen LogP contribution is -2.10. The van der Waals surface area contributed by atoms with Crippen LogP contribution in [0.25, 0.3) is 0 Å². The summed E-state index contributed by atoms with van der Waals surface area (Å²) >= 11 is 5.92. The number of hydrogen-bond acceptors (Lipinski definition) is 2. The molecule has 1 rings (SSSR count). The fourth-order valence-electron chi connectivity index (χ4n) is 1.59. The van der Waals surface area contributed by atoms with E-state index in [-0.39, 0.29) is 23.6 Å². The highest BCUT2D eigenvalue weighted by atomic mass is 35.5. The molecule has 0 saturated carbocycles. The fourth-order valence-corrected chi connectivity index (χ4v) is 1.85. The average molecular weight is 264 g/mol. The molecule has 0 unspecified atom stereocenters. The highest BCUT2D eigenvalue weighted by molar-refractivity contribution is 6.32. The van der Waals surface area contributed by atoms with Crippen molar-refractivity contribution in [1.29, 1.82) is 0 Å². The summed E-state index contributed by atoms with van der Waals surface area (Å²) in [6, 6.07) is 3.73. The van der Waals surface area contributed by atoms with Crippen LogP contribution in [0.4, 0.5) is 0 Å². The maximum absolute atomic E-state index is 9.61. The van der Waals surface area contributed by atoms with Gasteiger partial charge >= 0.3 is 0 Å². The molecular formula is C12H19Cl2NO.